The molecule has 0 aliphatic carbocycles. The molecule has 0 aliphatic rings. The van der Waals surface area contributed by atoms with Gasteiger partial charge in [0.15, 0.2) is 0 Å². The molecule has 2 heterocycles. The van der Waals surface area contributed by atoms with E-state index in [2.05, 4.69) is 37.7 Å². The first-order chi connectivity index (χ1) is 8.26. The lowest BCUT2D eigenvalue weighted by atomic mass is 10.3. The van der Waals surface area contributed by atoms with Gasteiger partial charge in [-0.25, -0.2) is 9.97 Å². The Morgan fingerprint density at radius 2 is 2.35 bits per heavy atom. The Morgan fingerprint density at radius 1 is 1.53 bits per heavy atom. The first kappa shape index (κ1) is 12.2. The summed E-state index contributed by atoms with van der Waals surface area (Å²) < 4.78 is 7.22. The molecule has 0 aromatic carbocycles. The molecule has 0 bridgehead atoms. The molecule has 0 spiro atoms. The van der Waals surface area contributed by atoms with Crippen LogP contribution in [-0.2, 0) is 20.5 Å². The molecule has 2 aromatic rings. The quantitative estimate of drug-likeness (QED) is 0.475. The van der Waals surface area contributed by atoms with E-state index in [0.717, 1.165) is 21.2 Å². The number of halogens is 1. The van der Waals surface area contributed by atoms with Gasteiger partial charge in [-0.3, -0.25) is 9.48 Å². The molecule has 2 rings (SSSR count). The third-order valence-corrected chi connectivity index (χ3v) is 2.94. The van der Waals surface area contributed by atoms with E-state index in [0.29, 0.717) is 6.61 Å². The summed E-state index contributed by atoms with van der Waals surface area (Å²) in [5, 5.41) is 4.14. The lowest BCUT2D eigenvalue weighted by molar-refractivity contribution is -0.143. The van der Waals surface area contributed by atoms with E-state index < -0.39 is 0 Å². The van der Waals surface area contributed by atoms with E-state index in [9.17, 15) is 4.79 Å². The number of rotatable bonds is 4. The molecule has 90 valence electrons. The number of hydrogen-bond donors (Lipinski definition) is 0. The van der Waals surface area contributed by atoms with Crippen molar-refractivity contribution < 1.29 is 9.53 Å². The van der Waals surface area contributed by atoms with Gasteiger partial charge in [-0.1, -0.05) is 22.6 Å². The van der Waals surface area contributed by atoms with Crippen molar-refractivity contribution in [2.24, 2.45) is 0 Å². The highest BCUT2D eigenvalue weighted by molar-refractivity contribution is 14.1. The van der Waals surface area contributed by atoms with Crippen LogP contribution in [0.2, 0.25) is 0 Å². The van der Waals surface area contributed by atoms with Gasteiger partial charge in [0.2, 0.25) is 0 Å². The Kier molecular flexibility index (Phi) is 3.87. The number of carbonyl (C=O) groups is 1. The molecule has 17 heavy (non-hydrogen) atoms. The minimum absolute atomic E-state index is 0.0916. The monoisotopic (exact) mass is 346 g/mol. The second-order valence-corrected chi connectivity index (χ2v) is 4.06. The third kappa shape index (κ3) is 2.54. The number of hydrogen-bond acceptors (Lipinski definition) is 5. The second-order valence-electron chi connectivity index (χ2n) is 3.30. The highest BCUT2D eigenvalue weighted by atomic mass is 127. The van der Waals surface area contributed by atoms with Gasteiger partial charge in [0, 0.05) is 4.43 Å². The minimum Gasteiger partial charge on any atom is -0.465 e. The molecule has 0 N–H and O–H groups in total. The summed E-state index contributed by atoms with van der Waals surface area (Å²) in [5.41, 5.74) is 2.42. The maximum Gasteiger partial charge on any atom is 0.327 e. The van der Waals surface area contributed by atoms with Crippen LogP contribution in [0, 0.1) is 0 Å². The van der Waals surface area contributed by atoms with Crippen LogP contribution < -0.4 is 0 Å². The van der Waals surface area contributed by atoms with Crippen molar-refractivity contribution in [3.8, 4) is 0 Å². The number of esters is 1. The van der Waals surface area contributed by atoms with Crippen molar-refractivity contribution in [3.05, 3.63) is 18.2 Å². The smallest absolute Gasteiger partial charge is 0.327 e. The number of alkyl halides is 1. The van der Waals surface area contributed by atoms with Gasteiger partial charge in [-0.05, 0) is 6.92 Å². The van der Waals surface area contributed by atoms with Crippen LogP contribution in [0.4, 0.5) is 0 Å². The fourth-order valence-electron chi connectivity index (χ4n) is 1.54. The van der Waals surface area contributed by atoms with Crippen molar-refractivity contribution in [2.75, 3.05) is 6.61 Å². The molecule has 0 atom stereocenters. The van der Waals surface area contributed by atoms with Crippen LogP contribution in [0.5, 0.6) is 0 Å². The summed E-state index contributed by atoms with van der Waals surface area (Å²) in [6.45, 7) is 2.24. The molecule has 0 fully saturated rings. The van der Waals surface area contributed by atoms with Crippen molar-refractivity contribution >= 4 is 39.6 Å². The molecule has 0 unspecified atom stereocenters. The molecule has 7 heteroatoms. The Hall–Kier alpha value is -1.25. The highest BCUT2D eigenvalue weighted by Gasteiger charge is 2.12. The van der Waals surface area contributed by atoms with E-state index in [1.165, 1.54) is 6.33 Å². The van der Waals surface area contributed by atoms with E-state index in [4.69, 9.17) is 4.74 Å². The zero-order valence-corrected chi connectivity index (χ0v) is 11.4. The predicted octanol–water partition coefficient (Wildman–Crippen LogP) is 1.32. The van der Waals surface area contributed by atoms with Crippen molar-refractivity contribution in [1.82, 2.24) is 19.7 Å². The average molecular weight is 346 g/mol. The number of ether oxygens (including phenoxy) is 1. The number of nitrogens with zero attached hydrogens (tertiary/aromatic N) is 4. The Labute approximate surface area is 112 Å². The number of aromatic nitrogens is 4. The standard InChI is InChI=1S/C10H11IN4O2/c1-2-17-9(16)5-15-10-7(3-11)12-6-13-8(10)4-14-15/h4,6H,2-3,5H2,1H3. The third-order valence-electron chi connectivity index (χ3n) is 2.21. The zero-order chi connectivity index (χ0) is 12.3. The topological polar surface area (TPSA) is 69.9 Å². The molecular weight excluding hydrogens is 335 g/mol. The molecule has 0 saturated heterocycles. The van der Waals surface area contributed by atoms with Crippen LogP contribution in [0.1, 0.15) is 12.6 Å². The minimum atomic E-state index is -0.305. The number of fused-ring (bicyclic) bond motifs is 1. The van der Waals surface area contributed by atoms with Gasteiger partial charge < -0.3 is 4.74 Å². The van der Waals surface area contributed by atoms with Gasteiger partial charge in [0.25, 0.3) is 0 Å². The summed E-state index contributed by atoms with van der Waals surface area (Å²) in [5.74, 6) is -0.305. The van der Waals surface area contributed by atoms with E-state index in [1.54, 1.807) is 17.8 Å². The van der Waals surface area contributed by atoms with Crippen LogP contribution in [0.25, 0.3) is 11.0 Å². The Morgan fingerprint density at radius 3 is 3.06 bits per heavy atom. The van der Waals surface area contributed by atoms with E-state index in [1.807, 2.05) is 0 Å². The second kappa shape index (κ2) is 5.39. The fourth-order valence-corrected chi connectivity index (χ4v) is 2.09. The summed E-state index contributed by atoms with van der Waals surface area (Å²) >= 11 is 2.22. The molecule has 2 aromatic heterocycles. The zero-order valence-electron chi connectivity index (χ0n) is 9.26. The normalized spacial score (nSPS) is 10.7. The van der Waals surface area contributed by atoms with Crippen LogP contribution in [-0.4, -0.2) is 32.3 Å². The predicted molar refractivity (Wildman–Crippen MR) is 69.7 cm³/mol. The summed E-state index contributed by atoms with van der Waals surface area (Å²) in [7, 11) is 0. The van der Waals surface area contributed by atoms with Gasteiger partial charge in [-0.2, -0.15) is 5.10 Å². The number of carbonyl (C=O) groups excluding carboxylic acids is 1. The average Bonchev–Trinajstić information content (AvgIpc) is 2.73. The summed E-state index contributed by atoms with van der Waals surface area (Å²) in [6.07, 6.45) is 3.14. The first-order valence-corrected chi connectivity index (χ1v) is 6.65. The largest absolute Gasteiger partial charge is 0.465 e. The van der Waals surface area contributed by atoms with Crippen molar-refractivity contribution in [3.63, 3.8) is 0 Å². The maximum atomic E-state index is 11.4. The van der Waals surface area contributed by atoms with Crippen molar-refractivity contribution in [1.29, 1.82) is 0 Å². The van der Waals surface area contributed by atoms with Gasteiger partial charge >= 0.3 is 5.97 Å². The maximum absolute atomic E-state index is 11.4. The van der Waals surface area contributed by atoms with Gasteiger partial charge in [0.1, 0.15) is 23.9 Å². The molecule has 0 radical (unpaired) electrons. The highest BCUT2D eigenvalue weighted by Crippen LogP contribution is 2.16. The Balaban J connectivity index is 2.37. The van der Waals surface area contributed by atoms with Crippen LogP contribution >= 0.6 is 22.6 Å². The summed E-state index contributed by atoms with van der Waals surface area (Å²) in [4.78, 5) is 19.7. The molecule has 0 saturated carbocycles. The first-order valence-electron chi connectivity index (χ1n) is 5.13. The lowest BCUT2D eigenvalue weighted by Crippen LogP contribution is -2.15. The molecule has 6 nitrogen and oxygen atoms in total. The Bertz CT molecular complexity index is 540. The van der Waals surface area contributed by atoms with Crippen LogP contribution in [0.3, 0.4) is 0 Å². The van der Waals surface area contributed by atoms with E-state index in [-0.39, 0.29) is 12.5 Å². The van der Waals surface area contributed by atoms with Gasteiger partial charge in [0.05, 0.1) is 18.5 Å². The fraction of sp³-hybridized carbons (Fsp3) is 0.400. The SMILES string of the molecule is CCOC(=O)Cn1ncc2ncnc(CI)c21. The van der Waals surface area contributed by atoms with Crippen LogP contribution in [0.15, 0.2) is 12.5 Å². The van der Waals surface area contributed by atoms with Crippen molar-refractivity contribution in [2.45, 2.75) is 17.9 Å². The lowest BCUT2D eigenvalue weighted by Gasteiger charge is -2.05. The van der Waals surface area contributed by atoms with E-state index >= 15 is 0 Å². The van der Waals surface area contributed by atoms with Gasteiger partial charge in [-0.15, -0.1) is 0 Å². The molecular formula is C10H11IN4O2. The molecule has 0 aliphatic heterocycles. The summed E-state index contributed by atoms with van der Waals surface area (Å²) in [6, 6.07) is 0. The molecule has 0 amide bonds.